The highest BCUT2D eigenvalue weighted by molar-refractivity contribution is 4.78. The quantitative estimate of drug-likeness (QED) is 0.759. The molecule has 1 heterocycles. The van der Waals surface area contributed by atoms with E-state index in [0.717, 1.165) is 18.4 Å². The minimum absolute atomic E-state index is 0.419. The lowest BCUT2D eigenvalue weighted by Gasteiger charge is -2.38. The molecule has 90 valence electrons. The molecule has 1 fully saturated rings. The lowest BCUT2D eigenvalue weighted by Crippen LogP contribution is -2.43. The van der Waals surface area contributed by atoms with Crippen molar-refractivity contribution in [3.8, 4) is 0 Å². The summed E-state index contributed by atoms with van der Waals surface area (Å²) in [4.78, 5) is 2.65. The standard InChI is InChI=1S/C13H28N2/c1-4-13(14)8-6-10-15-9-5-7-11(2)12(15)3/h11-13H,4-10,14H2,1-3H3. The Kier molecular flexibility index (Phi) is 5.62. The van der Waals surface area contributed by atoms with Crippen LogP contribution in [0.4, 0.5) is 0 Å². The van der Waals surface area contributed by atoms with Crippen LogP contribution in [0.1, 0.15) is 52.9 Å². The van der Waals surface area contributed by atoms with E-state index in [1.54, 1.807) is 0 Å². The third-order valence-electron chi connectivity index (χ3n) is 4.05. The van der Waals surface area contributed by atoms with E-state index in [9.17, 15) is 0 Å². The molecule has 2 N–H and O–H groups in total. The number of nitrogens with zero attached hydrogens (tertiary/aromatic N) is 1. The zero-order valence-corrected chi connectivity index (χ0v) is 10.7. The topological polar surface area (TPSA) is 29.3 Å². The summed E-state index contributed by atoms with van der Waals surface area (Å²) in [5.74, 6) is 0.874. The zero-order chi connectivity index (χ0) is 11.3. The Hall–Kier alpha value is -0.0800. The first-order valence-electron chi connectivity index (χ1n) is 6.64. The van der Waals surface area contributed by atoms with Crippen molar-refractivity contribution in [3.05, 3.63) is 0 Å². The second kappa shape index (κ2) is 6.49. The van der Waals surface area contributed by atoms with Crippen molar-refractivity contribution in [2.45, 2.75) is 65.0 Å². The highest BCUT2D eigenvalue weighted by atomic mass is 15.2. The van der Waals surface area contributed by atoms with Gasteiger partial charge in [-0.25, -0.2) is 0 Å². The molecule has 0 aliphatic carbocycles. The first kappa shape index (κ1) is 13.0. The molecule has 0 aromatic heterocycles. The molecule has 0 saturated carbocycles. The molecule has 0 radical (unpaired) electrons. The Labute approximate surface area is 95.2 Å². The van der Waals surface area contributed by atoms with Gasteiger partial charge in [0.2, 0.25) is 0 Å². The summed E-state index contributed by atoms with van der Waals surface area (Å²) in [7, 11) is 0. The van der Waals surface area contributed by atoms with Gasteiger partial charge in [-0.05, 0) is 58.0 Å². The maximum atomic E-state index is 5.93. The van der Waals surface area contributed by atoms with Crippen LogP contribution in [0.3, 0.4) is 0 Å². The van der Waals surface area contributed by atoms with Crippen LogP contribution >= 0.6 is 0 Å². The fourth-order valence-electron chi connectivity index (χ4n) is 2.50. The summed E-state index contributed by atoms with van der Waals surface area (Å²) in [5.41, 5.74) is 5.93. The molecule has 1 rings (SSSR count). The third kappa shape index (κ3) is 4.12. The van der Waals surface area contributed by atoms with Crippen molar-refractivity contribution in [2.75, 3.05) is 13.1 Å². The van der Waals surface area contributed by atoms with E-state index in [1.165, 1.54) is 38.8 Å². The summed E-state index contributed by atoms with van der Waals surface area (Å²) >= 11 is 0. The molecule has 1 aliphatic rings. The number of likely N-dealkylation sites (tertiary alicyclic amines) is 1. The van der Waals surface area contributed by atoms with Crippen molar-refractivity contribution in [3.63, 3.8) is 0 Å². The average Bonchev–Trinajstić information content (AvgIpc) is 2.24. The summed E-state index contributed by atoms with van der Waals surface area (Å²) in [5, 5.41) is 0. The monoisotopic (exact) mass is 212 g/mol. The Morgan fingerprint density at radius 2 is 2.13 bits per heavy atom. The molecule has 0 spiro atoms. The molecule has 0 bridgehead atoms. The van der Waals surface area contributed by atoms with Gasteiger partial charge in [-0.1, -0.05) is 13.8 Å². The third-order valence-corrected chi connectivity index (χ3v) is 4.05. The lowest BCUT2D eigenvalue weighted by molar-refractivity contribution is 0.111. The predicted molar refractivity (Wildman–Crippen MR) is 66.9 cm³/mol. The maximum Gasteiger partial charge on any atom is 0.00925 e. The molecule has 0 aromatic carbocycles. The first-order chi connectivity index (χ1) is 7.15. The Bertz CT molecular complexity index is 170. The van der Waals surface area contributed by atoms with E-state index in [1.807, 2.05) is 0 Å². The molecule has 3 unspecified atom stereocenters. The summed E-state index contributed by atoms with van der Waals surface area (Å²) in [6.07, 6.45) is 6.36. The Balaban J connectivity index is 2.19. The van der Waals surface area contributed by atoms with Crippen LogP contribution in [0.25, 0.3) is 0 Å². The van der Waals surface area contributed by atoms with Gasteiger partial charge in [-0.2, -0.15) is 0 Å². The average molecular weight is 212 g/mol. The number of rotatable bonds is 5. The van der Waals surface area contributed by atoms with Gasteiger partial charge in [-0.15, -0.1) is 0 Å². The van der Waals surface area contributed by atoms with E-state index in [-0.39, 0.29) is 0 Å². The van der Waals surface area contributed by atoms with E-state index in [0.29, 0.717) is 6.04 Å². The molecule has 1 aliphatic heterocycles. The fourth-order valence-corrected chi connectivity index (χ4v) is 2.50. The minimum Gasteiger partial charge on any atom is -0.328 e. The molecule has 1 saturated heterocycles. The van der Waals surface area contributed by atoms with Crippen molar-refractivity contribution in [1.82, 2.24) is 4.90 Å². The normalized spacial score (nSPS) is 30.4. The minimum atomic E-state index is 0.419. The number of hydrogen-bond donors (Lipinski definition) is 1. The Morgan fingerprint density at radius 3 is 2.80 bits per heavy atom. The molecular formula is C13H28N2. The van der Waals surface area contributed by atoms with Gasteiger partial charge >= 0.3 is 0 Å². The number of nitrogens with two attached hydrogens (primary N) is 1. The molecular weight excluding hydrogens is 184 g/mol. The van der Waals surface area contributed by atoms with Gasteiger partial charge in [0.1, 0.15) is 0 Å². The van der Waals surface area contributed by atoms with E-state index in [4.69, 9.17) is 5.73 Å². The van der Waals surface area contributed by atoms with Gasteiger partial charge in [0.05, 0.1) is 0 Å². The van der Waals surface area contributed by atoms with Crippen LogP contribution in [0.15, 0.2) is 0 Å². The largest absolute Gasteiger partial charge is 0.328 e. The molecule has 0 aromatic rings. The van der Waals surface area contributed by atoms with Crippen LogP contribution in [-0.2, 0) is 0 Å². The maximum absolute atomic E-state index is 5.93. The number of hydrogen-bond acceptors (Lipinski definition) is 2. The van der Waals surface area contributed by atoms with E-state index in [2.05, 4.69) is 25.7 Å². The van der Waals surface area contributed by atoms with Crippen LogP contribution in [-0.4, -0.2) is 30.1 Å². The van der Waals surface area contributed by atoms with Crippen LogP contribution in [0.5, 0.6) is 0 Å². The van der Waals surface area contributed by atoms with Gasteiger partial charge in [0.15, 0.2) is 0 Å². The van der Waals surface area contributed by atoms with Gasteiger partial charge < -0.3 is 10.6 Å². The summed E-state index contributed by atoms with van der Waals surface area (Å²) in [6.45, 7) is 9.49. The van der Waals surface area contributed by atoms with Gasteiger partial charge in [-0.3, -0.25) is 0 Å². The second-order valence-corrected chi connectivity index (χ2v) is 5.21. The van der Waals surface area contributed by atoms with Crippen molar-refractivity contribution < 1.29 is 0 Å². The number of piperidine rings is 1. The zero-order valence-electron chi connectivity index (χ0n) is 10.7. The fraction of sp³-hybridized carbons (Fsp3) is 1.00. The predicted octanol–water partition coefficient (Wildman–Crippen LogP) is 2.62. The molecule has 15 heavy (non-hydrogen) atoms. The first-order valence-corrected chi connectivity index (χ1v) is 6.64. The SMILES string of the molecule is CCC(N)CCCN1CCCC(C)C1C. The van der Waals surface area contributed by atoms with Crippen LogP contribution < -0.4 is 5.73 Å². The van der Waals surface area contributed by atoms with Crippen LogP contribution in [0, 0.1) is 5.92 Å². The van der Waals surface area contributed by atoms with Gasteiger partial charge in [0.25, 0.3) is 0 Å². The smallest absolute Gasteiger partial charge is 0.00925 e. The highest BCUT2D eigenvalue weighted by Crippen LogP contribution is 2.22. The highest BCUT2D eigenvalue weighted by Gasteiger charge is 2.23. The summed E-state index contributed by atoms with van der Waals surface area (Å²) in [6, 6.07) is 1.19. The van der Waals surface area contributed by atoms with Crippen LogP contribution in [0.2, 0.25) is 0 Å². The second-order valence-electron chi connectivity index (χ2n) is 5.21. The Morgan fingerprint density at radius 1 is 1.40 bits per heavy atom. The van der Waals surface area contributed by atoms with Crippen molar-refractivity contribution in [1.29, 1.82) is 0 Å². The van der Waals surface area contributed by atoms with Crippen molar-refractivity contribution >= 4 is 0 Å². The van der Waals surface area contributed by atoms with E-state index >= 15 is 0 Å². The summed E-state index contributed by atoms with van der Waals surface area (Å²) < 4.78 is 0. The van der Waals surface area contributed by atoms with Crippen molar-refractivity contribution in [2.24, 2.45) is 11.7 Å². The molecule has 3 atom stereocenters. The molecule has 2 nitrogen and oxygen atoms in total. The molecule has 2 heteroatoms. The lowest BCUT2D eigenvalue weighted by atomic mass is 9.92. The van der Waals surface area contributed by atoms with Gasteiger partial charge in [0, 0.05) is 12.1 Å². The van der Waals surface area contributed by atoms with E-state index < -0.39 is 0 Å². The molecule has 0 amide bonds.